The molecular weight excluding hydrogens is 310 g/mol. The molecule has 0 aliphatic heterocycles. The molecule has 1 aliphatic carbocycles. The summed E-state index contributed by atoms with van der Waals surface area (Å²) in [7, 11) is 1.51. The van der Waals surface area contributed by atoms with Crippen LogP contribution in [0.15, 0.2) is 29.2 Å². The van der Waals surface area contributed by atoms with E-state index in [0.29, 0.717) is 11.5 Å². The van der Waals surface area contributed by atoms with Crippen molar-refractivity contribution >= 4 is 25.6 Å². The van der Waals surface area contributed by atoms with Crippen LogP contribution in [0.1, 0.15) is 49.4 Å². The molecule has 2 unspecified atom stereocenters. The van der Waals surface area contributed by atoms with Crippen molar-refractivity contribution < 1.29 is 13.2 Å². The molecule has 116 valence electrons. The summed E-state index contributed by atoms with van der Waals surface area (Å²) in [5.74, 6) is 0.531. The maximum Gasteiger partial charge on any atom is 0.261 e. The van der Waals surface area contributed by atoms with Crippen molar-refractivity contribution in [2.24, 2.45) is 5.92 Å². The lowest BCUT2D eigenvalue weighted by molar-refractivity contribution is 0.0919. The van der Waals surface area contributed by atoms with Crippen LogP contribution in [0.4, 0.5) is 0 Å². The van der Waals surface area contributed by atoms with E-state index in [2.05, 4.69) is 12.2 Å². The third kappa shape index (κ3) is 4.45. The molecule has 0 radical (unpaired) electrons. The van der Waals surface area contributed by atoms with E-state index in [-0.39, 0.29) is 16.8 Å². The summed E-state index contributed by atoms with van der Waals surface area (Å²) in [6.07, 6.45) is 5.57. The Bertz CT molecular complexity index is 598. The molecule has 0 aromatic heterocycles. The zero-order valence-electron chi connectivity index (χ0n) is 12.0. The molecule has 1 aromatic rings. The fourth-order valence-corrected chi connectivity index (χ4v) is 3.60. The minimum Gasteiger partial charge on any atom is -0.349 e. The molecule has 2 rings (SSSR count). The number of carbonyl (C=O) groups is 1. The average molecular weight is 330 g/mol. The Labute approximate surface area is 130 Å². The first-order chi connectivity index (χ1) is 9.90. The van der Waals surface area contributed by atoms with Crippen molar-refractivity contribution in [1.29, 1.82) is 0 Å². The van der Waals surface area contributed by atoms with Crippen molar-refractivity contribution in [3.05, 3.63) is 29.8 Å². The van der Waals surface area contributed by atoms with E-state index in [0.717, 1.165) is 25.7 Å². The molecule has 0 saturated heterocycles. The Hall–Kier alpha value is -1.07. The van der Waals surface area contributed by atoms with Crippen LogP contribution in [0.2, 0.25) is 0 Å². The lowest BCUT2D eigenvalue weighted by Crippen LogP contribution is -2.38. The van der Waals surface area contributed by atoms with Crippen LogP contribution < -0.4 is 5.32 Å². The van der Waals surface area contributed by atoms with Gasteiger partial charge in [-0.05, 0) is 43.0 Å². The predicted octanol–water partition coefficient (Wildman–Crippen LogP) is 3.31. The Kier molecular flexibility index (Phi) is 5.27. The summed E-state index contributed by atoms with van der Waals surface area (Å²) in [5.41, 5.74) is 0.456. The topological polar surface area (TPSA) is 63.2 Å². The van der Waals surface area contributed by atoms with Crippen LogP contribution in [0, 0.1) is 5.92 Å². The van der Waals surface area contributed by atoms with Gasteiger partial charge < -0.3 is 5.32 Å². The third-order valence-corrected chi connectivity index (χ3v) is 5.46. The van der Waals surface area contributed by atoms with Gasteiger partial charge in [0.25, 0.3) is 15.0 Å². The van der Waals surface area contributed by atoms with Gasteiger partial charge in [-0.2, -0.15) is 0 Å². The van der Waals surface area contributed by atoms with Gasteiger partial charge in [-0.3, -0.25) is 4.79 Å². The van der Waals surface area contributed by atoms with E-state index in [1.54, 1.807) is 0 Å². The van der Waals surface area contributed by atoms with Crippen molar-refractivity contribution in [2.75, 3.05) is 0 Å². The Balaban J connectivity index is 2.00. The van der Waals surface area contributed by atoms with Gasteiger partial charge in [-0.25, -0.2) is 8.42 Å². The Morgan fingerprint density at radius 2 is 1.95 bits per heavy atom. The van der Waals surface area contributed by atoms with Gasteiger partial charge in [-0.15, -0.1) is 0 Å². The first kappa shape index (κ1) is 16.3. The lowest BCUT2D eigenvalue weighted by Gasteiger charge is -2.29. The molecule has 0 spiro atoms. The molecule has 21 heavy (non-hydrogen) atoms. The van der Waals surface area contributed by atoms with E-state index in [1.807, 2.05) is 0 Å². The summed E-state index contributed by atoms with van der Waals surface area (Å²) in [6, 6.07) is 5.91. The van der Waals surface area contributed by atoms with Gasteiger partial charge in [0.2, 0.25) is 0 Å². The molecule has 1 N–H and O–H groups in total. The normalized spacial score (nSPS) is 22.8. The van der Waals surface area contributed by atoms with E-state index in [9.17, 15) is 13.2 Å². The zero-order chi connectivity index (χ0) is 15.5. The van der Waals surface area contributed by atoms with Gasteiger partial charge >= 0.3 is 0 Å². The van der Waals surface area contributed by atoms with E-state index >= 15 is 0 Å². The third-order valence-electron chi connectivity index (χ3n) is 4.09. The van der Waals surface area contributed by atoms with E-state index in [1.165, 1.54) is 30.7 Å². The molecule has 1 aromatic carbocycles. The second-order valence-corrected chi connectivity index (χ2v) is 8.14. The maximum absolute atomic E-state index is 12.2. The van der Waals surface area contributed by atoms with Crippen molar-refractivity contribution in [2.45, 2.75) is 50.0 Å². The van der Waals surface area contributed by atoms with Gasteiger partial charge in [0.05, 0.1) is 4.90 Å². The first-order valence-electron chi connectivity index (χ1n) is 7.25. The smallest absolute Gasteiger partial charge is 0.261 e. The SMILES string of the molecule is CCC1CCCC(NC(=O)c2ccc(S(=O)(=O)Cl)cc2)C1. The Morgan fingerprint density at radius 1 is 1.29 bits per heavy atom. The zero-order valence-corrected chi connectivity index (χ0v) is 13.6. The molecule has 1 fully saturated rings. The highest BCUT2D eigenvalue weighted by molar-refractivity contribution is 8.13. The minimum atomic E-state index is -3.74. The average Bonchev–Trinajstić information content (AvgIpc) is 2.46. The van der Waals surface area contributed by atoms with Crippen LogP contribution >= 0.6 is 10.7 Å². The fraction of sp³-hybridized carbons (Fsp3) is 0.533. The van der Waals surface area contributed by atoms with Gasteiger partial charge in [0.1, 0.15) is 0 Å². The van der Waals surface area contributed by atoms with Crippen molar-refractivity contribution in [1.82, 2.24) is 5.32 Å². The highest BCUT2D eigenvalue weighted by Crippen LogP contribution is 2.26. The summed E-state index contributed by atoms with van der Waals surface area (Å²) in [4.78, 5) is 12.2. The van der Waals surface area contributed by atoms with E-state index < -0.39 is 9.05 Å². The standard InChI is InChI=1S/C15H20ClNO3S/c1-2-11-4-3-5-13(10-11)17-15(18)12-6-8-14(9-7-12)21(16,19)20/h6-9,11,13H,2-5,10H2,1H3,(H,17,18). The second-order valence-electron chi connectivity index (χ2n) is 5.57. The van der Waals surface area contributed by atoms with Gasteiger partial charge in [0.15, 0.2) is 0 Å². The highest BCUT2D eigenvalue weighted by atomic mass is 35.7. The maximum atomic E-state index is 12.2. The van der Waals surface area contributed by atoms with E-state index in [4.69, 9.17) is 10.7 Å². The molecule has 1 saturated carbocycles. The minimum absolute atomic E-state index is 0.00410. The monoisotopic (exact) mass is 329 g/mol. The van der Waals surface area contributed by atoms with Crippen molar-refractivity contribution in [3.63, 3.8) is 0 Å². The largest absolute Gasteiger partial charge is 0.349 e. The molecule has 0 bridgehead atoms. The molecule has 1 aliphatic rings. The molecule has 1 amide bonds. The fourth-order valence-electron chi connectivity index (χ4n) is 2.83. The lowest BCUT2D eigenvalue weighted by atomic mass is 9.84. The summed E-state index contributed by atoms with van der Waals surface area (Å²) in [5, 5.41) is 3.04. The molecular formula is C15H20ClNO3S. The Morgan fingerprint density at radius 3 is 2.52 bits per heavy atom. The summed E-state index contributed by atoms with van der Waals surface area (Å²) < 4.78 is 22.3. The number of hydrogen-bond acceptors (Lipinski definition) is 3. The number of nitrogens with one attached hydrogen (secondary N) is 1. The van der Waals surface area contributed by atoms with Crippen LogP contribution in [0.5, 0.6) is 0 Å². The number of amides is 1. The second kappa shape index (κ2) is 6.79. The van der Waals surface area contributed by atoms with Crippen LogP contribution in [-0.2, 0) is 9.05 Å². The number of benzene rings is 1. The van der Waals surface area contributed by atoms with Crippen LogP contribution in [0.25, 0.3) is 0 Å². The van der Waals surface area contributed by atoms with Crippen molar-refractivity contribution in [3.8, 4) is 0 Å². The van der Waals surface area contributed by atoms with Gasteiger partial charge in [-0.1, -0.05) is 26.2 Å². The summed E-state index contributed by atoms with van der Waals surface area (Å²) in [6.45, 7) is 2.18. The molecule has 4 nitrogen and oxygen atoms in total. The van der Waals surface area contributed by atoms with Gasteiger partial charge in [0, 0.05) is 22.3 Å². The molecule has 6 heteroatoms. The number of hydrogen-bond donors (Lipinski definition) is 1. The highest BCUT2D eigenvalue weighted by Gasteiger charge is 2.22. The molecule has 2 atom stereocenters. The molecule has 0 heterocycles. The number of carbonyl (C=O) groups excluding carboxylic acids is 1. The number of halogens is 1. The predicted molar refractivity (Wildman–Crippen MR) is 83.0 cm³/mol. The first-order valence-corrected chi connectivity index (χ1v) is 9.56. The van der Waals surface area contributed by atoms with Crippen LogP contribution in [0.3, 0.4) is 0 Å². The van der Waals surface area contributed by atoms with Crippen LogP contribution in [-0.4, -0.2) is 20.4 Å². The summed E-state index contributed by atoms with van der Waals surface area (Å²) >= 11 is 0. The quantitative estimate of drug-likeness (QED) is 0.862. The number of rotatable bonds is 4.